The summed E-state index contributed by atoms with van der Waals surface area (Å²) in [5, 5.41) is 6.92. The molecule has 2 amide bonds. The Kier molecular flexibility index (Phi) is 3.56. The second-order valence-corrected chi connectivity index (χ2v) is 5.84. The maximum Gasteiger partial charge on any atom is 0.257 e. The lowest BCUT2D eigenvalue weighted by Crippen LogP contribution is -2.43. The maximum absolute atomic E-state index is 12.4. The Bertz CT molecular complexity index is 737. The van der Waals surface area contributed by atoms with E-state index in [9.17, 15) is 9.59 Å². The minimum absolute atomic E-state index is 0.0241. The van der Waals surface area contributed by atoms with E-state index in [1.54, 1.807) is 15.6 Å². The molecular formula is C15H19N5O2. The fraction of sp³-hybridized carbons (Fsp3) is 0.467. The van der Waals surface area contributed by atoms with Crippen molar-refractivity contribution in [2.75, 3.05) is 6.54 Å². The zero-order valence-electron chi connectivity index (χ0n) is 12.9. The summed E-state index contributed by atoms with van der Waals surface area (Å²) in [7, 11) is 0. The van der Waals surface area contributed by atoms with Gasteiger partial charge in [0.15, 0.2) is 5.65 Å². The summed E-state index contributed by atoms with van der Waals surface area (Å²) in [5.41, 5.74) is 1.70. The molecule has 2 aromatic rings. The van der Waals surface area contributed by atoms with E-state index in [4.69, 9.17) is 0 Å². The van der Waals surface area contributed by atoms with Crippen LogP contribution in [0.4, 0.5) is 0 Å². The van der Waals surface area contributed by atoms with Crippen LogP contribution in [0, 0.1) is 6.92 Å². The number of nitrogens with zero attached hydrogens (tertiary/aromatic N) is 4. The van der Waals surface area contributed by atoms with Crippen LogP contribution in [0.1, 0.15) is 36.3 Å². The number of carbonyl (C=O) groups is 2. The van der Waals surface area contributed by atoms with Crippen LogP contribution in [0.2, 0.25) is 0 Å². The highest BCUT2D eigenvalue weighted by Crippen LogP contribution is 2.16. The van der Waals surface area contributed by atoms with E-state index in [-0.39, 0.29) is 17.9 Å². The number of likely N-dealkylation sites (tertiary alicyclic amines) is 1. The normalized spacial score (nSPS) is 18.5. The first kappa shape index (κ1) is 14.5. The first-order chi connectivity index (χ1) is 10.5. The molecular weight excluding hydrogens is 282 g/mol. The summed E-state index contributed by atoms with van der Waals surface area (Å²) in [6.07, 6.45) is 3.88. The van der Waals surface area contributed by atoms with Gasteiger partial charge in [0.25, 0.3) is 5.91 Å². The van der Waals surface area contributed by atoms with Gasteiger partial charge in [-0.2, -0.15) is 5.10 Å². The molecule has 1 aliphatic rings. The number of carbonyl (C=O) groups excluding carboxylic acids is 2. The Labute approximate surface area is 128 Å². The molecule has 0 radical (unpaired) electrons. The molecule has 7 nitrogen and oxygen atoms in total. The van der Waals surface area contributed by atoms with E-state index < -0.39 is 6.04 Å². The number of nitrogens with one attached hydrogen (secondary N) is 1. The van der Waals surface area contributed by atoms with Crippen LogP contribution in [0.25, 0.3) is 5.65 Å². The van der Waals surface area contributed by atoms with E-state index in [1.165, 1.54) is 6.20 Å². The van der Waals surface area contributed by atoms with Crippen molar-refractivity contribution < 1.29 is 9.59 Å². The van der Waals surface area contributed by atoms with Gasteiger partial charge in [-0.1, -0.05) is 0 Å². The second kappa shape index (κ2) is 5.40. The molecule has 116 valence electrons. The molecule has 1 unspecified atom stereocenters. The van der Waals surface area contributed by atoms with Gasteiger partial charge in [-0.25, -0.2) is 9.50 Å². The summed E-state index contributed by atoms with van der Waals surface area (Å²) in [6.45, 7) is 6.48. The van der Waals surface area contributed by atoms with Gasteiger partial charge >= 0.3 is 0 Å². The molecule has 2 aromatic heterocycles. The number of aromatic nitrogens is 3. The Morgan fingerprint density at radius 3 is 2.91 bits per heavy atom. The van der Waals surface area contributed by atoms with Crippen LogP contribution in [0.3, 0.4) is 0 Å². The van der Waals surface area contributed by atoms with Gasteiger partial charge in [-0.15, -0.1) is 0 Å². The second-order valence-electron chi connectivity index (χ2n) is 5.84. The van der Waals surface area contributed by atoms with E-state index in [2.05, 4.69) is 15.4 Å². The predicted octanol–water partition coefficient (Wildman–Crippen LogP) is 0.777. The minimum atomic E-state index is -0.463. The molecule has 22 heavy (non-hydrogen) atoms. The van der Waals surface area contributed by atoms with Crippen LogP contribution in [-0.2, 0) is 4.79 Å². The van der Waals surface area contributed by atoms with E-state index in [0.717, 1.165) is 5.69 Å². The van der Waals surface area contributed by atoms with Crippen molar-refractivity contribution in [1.82, 2.24) is 24.8 Å². The molecule has 1 aliphatic heterocycles. The largest absolute Gasteiger partial charge is 0.340 e. The molecule has 1 N–H and O–H groups in total. The Hall–Kier alpha value is -2.44. The number of fused-ring (bicyclic) bond motifs is 1. The summed E-state index contributed by atoms with van der Waals surface area (Å²) >= 11 is 0. The van der Waals surface area contributed by atoms with Crippen LogP contribution in [0.5, 0.6) is 0 Å². The number of hydrogen-bond donors (Lipinski definition) is 1. The maximum atomic E-state index is 12.4. The van der Waals surface area contributed by atoms with Gasteiger partial charge in [-0.3, -0.25) is 9.59 Å². The van der Waals surface area contributed by atoms with Gasteiger partial charge < -0.3 is 10.2 Å². The van der Waals surface area contributed by atoms with Crippen molar-refractivity contribution in [3.63, 3.8) is 0 Å². The fourth-order valence-corrected chi connectivity index (χ4v) is 2.70. The first-order valence-corrected chi connectivity index (χ1v) is 7.39. The topological polar surface area (TPSA) is 79.6 Å². The van der Waals surface area contributed by atoms with Crippen molar-refractivity contribution >= 4 is 17.5 Å². The van der Waals surface area contributed by atoms with E-state index >= 15 is 0 Å². The quantitative estimate of drug-likeness (QED) is 0.908. The molecule has 0 bridgehead atoms. The molecule has 0 aromatic carbocycles. The summed E-state index contributed by atoms with van der Waals surface area (Å²) in [6, 6.07) is 1.51. The highest BCUT2D eigenvalue weighted by molar-refractivity contribution is 6.02. The fourth-order valence-electron chi connectivity index (χ4n) is 2.70. The Morgan fingerprint density at radius 2 is 2.23 bits per heavy atom. The average Bonchev–Trinajstić information content (AvgIpc) is 3.03. The zero-order valence-corrected chi connectivity index (χ0v) is 12.9. The summed E-state index contributed by atoms with van der Waals surface area (Å²) in [4.78, 5) is 30.8. The lowest BCUT2D eigenvalue weighted by Gasteiger charge is -2.21. The average molecular weight is 301 g/mol. The number of rotatable bonds is 3. The van der Waals surface area contributed by atoms with Crippen LogP contribution in [0.15, 0.2) is 18.5 Å². The molecule has 1 saturated heterocycles. The van der Waals surface area contributed by atoms with Crippen LogP contribution < -0.4 is 5.32 Å². The van der Waals surface area contributed by atoms with Crippen LogP contribution >= 0.6 is 0 Å². The molecule has 3 heterocycles. The van der Waals surface area contributed by atoms with E-state index in [1.807, 2.05) is 26.8 Å². The first-order valence-electron chi connectivity index (χ1n) is 7.39. The smallest absolute Gasteiger partial charge is 0.257 e. The lowest BCUT2D eigenvalue weighted by atomic mass is 10.2. The third-order valence-corrected chi connectivity index (χ3v) is 3.92. The highest BCUT2D eigenvalue weighted by atomic mass is 16.2. The van der Waals surface area contributed by atoms with Gasteiger partial charge in [0.05, 0.1) is 6.20 Å². The standard InChI is InChI=1S/C15H19N5O2/c1-9(2)19-6-5-12(15(19)22)18-14(21)11-8-16-20-7-4-10(3)17-13(11)20/h4,7-9,12H,5-6H2,1-3H3,(H,18,21). The van der Waals surface area contributed by atoms with Gasteiger partial charge in [0, 0.05) is 24.5 Å². The monoisotopic (exact) mass is 301 g/mol. The predicted molar refractivity (Wildman–Crippen MR) is 80.4 cm³/mol. The molecule has 0 spiro atoms. The van der Waals surface area contributed by atoms with Crippen molar-refractivity contribution in [1.29, 1.82) is 0 Å². The Morgan fingerprint density at radius 1 is 1.45 bits per heavy atom. The summed E-state index contributed by atoms with van der Waals surface area (Å²) in [5.74, 6) is -0.332. The molecule has 0 saturated carbocycles. The van der Waals surface area contributed by atoms with E-state index in [0.29, 0.717) is 24.2 Å². The number of hydrogen-bond acceptors (Lipinski definition) is 4. The van der Waals surface area contributed by atoms with Crippen molar-refractivity contribution in [3.8, 4) is 0 Å². The van der Waals surface area contributed by atoms with Gasteiger partial charge in [0.1, 0.15) is 11.6 Å². The zero-order chi connectivity index (χ0) is 15.9. The number of amides is 2. The van der Waals surface area contributed by atoms with Crippen LogP contribution in [-0.4, -0.2) is 49.9 Å². The molecule has 7 heteroatoms. The third kappa shape index (κ3) is 2.43. The van der Waals surface area contributed by atoms with Crippen molar-refractivity contribution in [3.05, 3.63) is 29.7 Å². The van der Waals surface area contributed by atoms with Crippen molar-refractivity contribution in [2.45, 2.75) is 39.3 Å². The third-order valence-electron chi connectivity index (χ3n) is 3.92. The summed E-state index contributed by atoms with van der Waals surface area (Å²) < 4.78 is 1.55. The lowest BCUT2D eigenvalue weighted by molar-refractivity contribution is -0.130. The SMILES string of the molecule is Cc1ccn2ncc(C(=O)NC3CCN(C(C)C)C3=O)c2n1. The van der Waals surface area contributed by atoms with Gasteiger partial charge in [-0.05, 0) is 33.3 Å². The Balaban J connectivity index is 1.80. The van der Waals surface area contributed by atoms with Crippen molar-refractivity contribution in [2.24, 2.45) is 0 Å². The molecule has 1 atom stereocenters. The van der Waals surface area contributed by atoms with Gasteiger partial charge in [0.2, 0.25) is 5.91 Å². The molecule has 1 fully saturated rings. The molecule has 0 aliphatic carbocycles. The number of aryl methyl sites for hydroxylation is 1. The minimum Gasteiger partial charge on any atom is -0.340 e. The molecule has 3 rings (SSSR count). The highest BCUT2D eigenvalue weighted by Gasteiger charge is 2.34.